The summed E-state index contributed by atoms with van der Waals surface area (Å²) in [5.41, 5.74) is 3.83. The fourth-order valence-electron chi connectivity index (χ4n) is 2.76. The molecule has 0 N–H and O–H groups in total. The Kier molecular flexibility index (Phi) is 4.03. The topological polar surface area (TPSA) is 16.1 Å². The van der Waals surface area contributed by atoms with Crippen LogP contribution in [0.5, 0.6) is 0 Å². The second-order valence-electron chi connectivity index (χ2n) is 6.89. The number of hydrogen-bond acceptors (Lipinski definition) is 3. The molecule has 0 atom stereocenters. The Balaban J connectivity index is 1.87. The molecular formula is C18H24N2S. The van der Waals surface area contributed by atoms with E-state index in [2.05, 4.69) is 55.3 Å². The second-order valence-corrected chi connectivity index (χ2v) is 7.74. The third-order valence-corrected chi connectivity index (χ3v) is 5.28. The highest BCUT2D eigenvalue weighted by Gasteiger charge is 2.19. The molecule has 0 radical (unpaired) electrons. The van der Waals surface area contributed by atoms with Crippen LogP contribution in [0.25, 0.3) is 11.3 Å². The van der Waals surface area contributed by atoms with Crippen LogP contribution >= 0.6 is 11.3 Å². The van der Waals surface area contributed by atoms with E-state index in [0.717, 1.165) is 5.69 Å². The van der Waals surface area contributed by atoms with Crippen molar-refractivity contribution in [2.45, 2.75) is 45.4 Å². The van der Waals surface area contributed by atoms with Crippen LogP contribution in [-0.2, 0) is 5.41 Å². The predicted octanol–water partition coefficient (Wildman–Crippen LogP) is 5.10. The molecule has 0 amide bonds. The molecule has 0 unspecified atom stereocenters. The van der Waals surface area contributed by atoms with E-state index in [1.807, 2.05) is 0 Å². The maximum Gasteiger partial charge on any atom is 0.0986 e. The maximum absolute atomic E-state index is 4.84. The summed E-state index contributed by atoms with van der Waals surface area (Å²) in [5, 5.41) is 3.40. The number of piperidine rings is 1. The van der Waals surface area contributed by atoms with Crippen molar-refractivity contribution in [3.63, 3.8) is 0 Å². The van der Waals surface area contributed by atoms with Crippen LogP contribution in [-0.4, -0.2) is 18.1 Å². The first-order chi connectivity index (χ1) is 10.0. The van der Waals surface area contributed by atoms with Crippen LogP contribution < -0.4 is 4.90 Å². The van der Waals surface area contributed by atoms with Gasteiger partial charge in [0.25, 0.3) is 0 Å². The molecule has 1 aromatic heterocycles. The lowest BCUT2D eigenvalue weighted by molar-refractivity contribution is 0.578. The molecule has 21 heavy (non-hydrogen) atoms. The summed E-state index contributed by atoms with van der Waals surface area (Å²) < 4.78 is 0. The van der Waals surface area contributed by atoms with Gasteiger partial charge in [-0.3, -0.25) is 0 Å². The highest BCUT2D eigenvalue weighted by Crippen LogP contribution is 2.31. The Hall–Kier alpha value is -1.35. The highest BCUT2D eigenvalue weighted by atomic mass is 32.1. The summed E-state index contributed by atoms with van der Waals surface area (Å²) in [5.74, 6) is 0. The van der Waals surface area contributed by atoms with E-state index in [1.165, 1.54) is 48.6 Å². The summed E-state index contributed by atoms with van der Waals surface area (Å²) in [7, 11) is 0. The van der Waals surface area contributed by atoms with Gasteiger partial charge in [0.15, 0.2) is 0 Å². The Morgan fingerprint density at radius 2 is 1.86 bits per heavy atom. The van der Waals surface area contributed by atoms with Gasteiger partial charge in [-0.2, -0.15) is 0 Å². The Labute approximate surface area is 131 Å². The largest absolute Gasteiger partial charge is 0.372 e. The van der Waals surface area contributed by atoms with E-state index >= 15 is 0 Å². The molecule has 1 aromatic carbocycles. The second kappa shape index (κ2) is 5.80. The van der Waals surface area contributed by atoms with Crippen molar-refractivity contribution in [3.8, 4) is 11.3 Å². The first-order valence-electron chi connectivity index (χ1n) is 7.85. The van der Waals surface area contributed by atoms with E-state index in [9.17, 15) is 0 Å². The number of benzene rings is 1. The normalized spacial score (nSPS) is 16.2. The molecule has 1 aliphatic rings. The maximum atomic E-state index is 4.84. The van der Waals surface area contributed by atoms with Gasteiger partial charge in [-0.25, -0.2) is 4.98 Å². The van der Waals surface area contributed by atoms with Crippen molar-refractivity contribution in [1.82, 2.24) is 4.98 Å². The zero-order valence-corrected chi connectivity index (χ0v) is 14.0. The van der Waals surface area contributed by atoms with E-state index in [4.69, 9.17) is 4.98 Å². The fourth-order valence-corrected chi connectivity index (χ4v) is 3.68. The van der Waals surface area contributed by atoms with Crippen molar-refractivity contribution in [1.29, 1.82) is 0 Å². The van der Waals surface area contributed by atoms with Gasteiger partial charge in [-0.15, -0.1) is 11.3 Å². The summed E-state index contributed by atoms with van der Waals surface area (Å²) in [4.78, 5) is 7.34. The summed E-state index contributed by atoms with van der Waals surface area (Å²) in [6.45, 7) is 9.04. The average molecular weight is 300 g/mol. The van der Waals surface area contributed by atoms with Gasteiger partial charge in [0.2, 0.25) is 0 Å². The number of nitrogens with zero attached hydrogens (tertiary/aromatic N) is 2. The molecule has 0 bridgehead atoms. The van der Waals surface area contributed by atoms with Gasteiger partial charge >= 0.3 is 0 Å². The average Bonchev–Trinajstić information content (AvgIpc) is 2.98. The third-order valence-electron chi connectivity index (χ3n) is 4.01. The van der Waals surface area contributed by atoms with Gasteiger partial charge in [0.05, 0.1) is 10.7 Å². The van der Waals surface area contributed by atoms with Crippen LogP contribution in [0.4, 0.5) is 5.69 Å². The quantitative estimate of drug-likeness (QED) is 0.767. The smallest absolute Gasteiger partial charge is 0.0986 e. The first-order valence-corrected chi connectivity index (χ1v) is 8.73. The summed E-state index contributed by atoms with van der Waals surface area (Å²) in [6, 6.07) is 8.86. The Bertz CT molecular complexity index is 604. The van der Waals surface area contributed by atoms with Crippen molar-refractivity contribution < 1.29 is 0 Å². The number of hydrogen-bond donors (Lipinski definition) is 0. The minimum atomic E-state index is 0.132. The molecule has 3 heteroatoms. The number of rotatable bonds is 2. The van der Waals surface area contributed by atoms with Gasteiger partial charge in [-0.05, 0) is 31.4 Å². The molecule has 0 saturated carbocycles. The monoisotopic (exact) mass is 300 g/mol. The number of anilines is 1. The van der Waals surface area contributed by atoms with Gasteiger partial charge < -0.3 is 4.90 Å². The highest BCUT2D eigenvalue weighted by molar-refractivity contribution is 7.10. The molecule has 2 heterocycles. The molecule has 2 nitrogen and oxygen atoms in total. The fraction of sp³-hybridized carbons (Fsp3) is 0.500. The lowest BCUT2D eigenvalue weighted by Crippen LogP contribution is -2.29. The molecule has 1 fully saturated rings. The van der Waals surface area contributed by atoms with Crippen LogP contribution in [0.15, 0.2) is 29.6 Å². The molecule has 1 saturated heterocycles. The molecule has 112 valence electrons. The predicted molar refractivity (Wildman–Crippen MR) is 92.3 cm³/mol. The van der Waals surface area contributed by atoms with Crippen LogP contribution in [0.2, 0.25) is 0 Å². The van der Waals surface area contributed by atoms with Crippen LogP contribution in [0, 0.1) is 0 Å². The standard InChI is InChI=1S/C18H24N2S/c1-18(2,3)17-19-16(13-21-17)14-8-7-9-15(12-14)20-10-5-4-6-11-20/h7-9,12-13H,4-6,10-11H2,1-3H3. The molecule has 2 aromatic rings. The Morgan fingerprint density at radius 3 is 2.52 bits per heavy atom. The molecular weight excluding hydrogens is 276 g/mol. The van der Waals surface area contributed by atoms with Gasteiger partial charge in [0.1, 0.15) is 0 Å². The SMILES string of the molecule is CC(C)(C)c1nc(-c2cccc(N3CCCCC3)c2)cs1. The Morgan fingerprint density at radius 1 is 1.10 bits per heavy atom. The van der Waals surface area contributed by atoms with E-state index in [-0.39, 0.29) is 5.41 Å². The van der Waals surface area contributed by atoms with Gasteiger partial charge in [0, 0.05) is 35.1 Å². The van der Waals surface area contributed by atoms with Crippen molar-refractivity contribution in [2.75, 3.05) is 18.0 Å². The summed E-state index contributed by atoms with van der Waals surface area (Å²) >= 11 is 1.77. The number of aromatic nitrogens is 1. The van der Waals surface area contributed by atoms with Gasteiger partial charge in [-0.1, -0.05) is 32.9 Å². The lowest BCUT2D eigenvalue weighted by atomic mass is 9.98. The van der Waals surface area contributed by atoms with Crippen LogP contribution in [0.1, 0.15) is 45.0 Å². The lowest BCUT2D eigenvalue weighted by Gasteiger charge is -2.29. The van der Waals surface area contributed by atoms with Crippen molar-refractivity contribution >= 4 is 17.0 Å². The molecule has 3 rings (SSSR count). The molecule has 1 aliphatic heterocycles. The van der Waals surface area contributed by atoms with E-state index < -0.39 is 0 Å². The molecule has 0 spiro atoms. The summed E-state index contributed by atoms with van der Waals surface area (Å²) in [6.07, 6.45) is 4.00. The first kappa shape index (κ1) is 14.6. The zero-order chi connectivity index (χ0) is 14.9. The minimum absolute atomic E-state index is 0.132. The van der Waals surface area contributed by atoms with Crippen molar-refractivity contribution in [3.05, 3.63) is 34.7 Å². The number of thiazole rings is 1. The minimum Gasteiger partial charge on any atom is -0.372 e. The van der Waals surface area contributed by atoms with Crippen molar-refractivity contribution in [2.24, 2.45) is 0 Å². The van der Waals surface area contributed by atoms with E-state index in [0.29, 0.717) is 0 Å². The van der Waals surface area contributed by atoms with Crippen LogP contribution in [0.3, 0.4) is 0 Å². The van der Waals surface area contributed by atoms with E-state index in [1.54, 1.807) is 11.3 Å². The zero-order valence-electron chi connectivity index (χ0n) is 13.2. The third kappa shape index (κ3) is 3.29. The molecule has 0 aliphatic carbocycles.